The van der Waals surface area contributed by atoms with Crippen LogP contribution in [0, 0.1) is 11.8 Å². The fourth-order valence-electron chi connectivity index (χ4n) is 5.67. The highest BCUT2D eigenvalue weighted by Gasteiger charge is 2.59. The van der Waals surface area contributed by atoms with Gasteiger partial charge < -0.3 is 24.2 Å². The first-order chi connectivity index (χ1) is 16.9. The van der Waals surface area contributed by atoms with Crippen LogP contribution in [0.5, 0.6) is 0 Å². The summed E-state index contributed by atoms with van der Waals surface area (Å²) in [6.07, 6.45) is 4.76. The molecule has 0 aromatic heterocycles. The van der Waals surface area contributed by atoms with Crippen LogP contribution in [0.4, 0.5) is 5.69 Å². The van der Waals surface area contributed by atoms with Gasteiger partial charge in [-0.15, -0.1) is 0 Å². The monoisotopic (exact) mass is 494 g/mol. The fourth-order valence-corrected chi connectivity index (χ4v) is 6.75. The van der Waals surface area contributed by atoms with Crippen molar-refractivity contribution in [3.05, 3.63) is 59.3 Å². The van der Waals surface area contributed by atoms with Crippen LogP contribution in [-0.4, -0.2) is 59.4 Å². The Labute approximate surface area is 209 Å². The van der Waals surface area contributed by atoms with Gasteiger partial charge in [-0.25, -0.2) is 4.79 Å². The Morgan fingerprint density at radius 2 is 2.09 bits per heavy atom. The van der Waals surface area contributed by atoms with Gasteiger partial charge in [0.25, 0.3) is 0 Å². The van der Waals surface area contributed by atoms with Crippen molar-refractivity contribution in [2.75, 3.05) is 24.6 Å². The molecule has 0 bridgehead atoms. The van der Waals surface area contributed by atoms with E-state index in [1.165, 1.54) is 33.2 Å². The first-order valence-electron chi connectivity index (χ1n) is 12.0. The first-order valence-corrected chi connectivity index (χ1v) is 12.8. The van der Waals surface area contributed by atoms with Gasteiger partial charge in [0.2, 0.25) is 5.91 Å². The summed E-state index contributed by atoms with van der Waals surface area (Å²) in [5.74, 6) is -1.34. The third-order valence-electron chi connectivity index (χ3n) is 7.33. The number of aliphatic hydroxyl groups is 2. The van der Waals surface area contributed by atoms with E-state index in [0.29, 0.717) is 6.54 Å². The molecule has 2 aromatic rings. The molecule has 4 unspecified atom stereocenters. The van der Waals surface area contributed by atoms with Crippen molar-refractivity contribution in [2.24, 2.45) is 11.8 Å². The molecule has 1 saturated heterocycles. The SMILES string of the molecule is COC(=O)C1=C(/C=C/CN2Sc3ccc(CCCO)c4cccc2c34)C(C)C2C(C(C)O)C(=O)N12. The quantitative estimate of drug-likeness (QED) is 0.330. The second-order valence-electron chi connectivity index (χ2n) is 9.35. The molecule has 2 aromatic carbocycles. The van der Waals surface area contributed by atoms with Crippen LogP contribution in [0.1, 0.15) is 25.8 Å². The number of aliphatic hydroxyl groups excluding tert-OH is 2. The Kier molecular flexibility index (Phi) is 6.38. The molecule has 4 atom stereocenters. The summed E-state index contributed by atoms with van der Waals surface area (Å²) < 4.78 is 7.21. The van der Waals surface area contributed by atoms with Crippen LogP contribution < -0.4 is 4.31 Å². The van der Waals surface area contributed by atoms with Crippen molar-refractivity contribution in [1.29, 1.82) is 0 Å². The number of benzene rings is 2. The van der Waals surface area contributed by atoms with Gasteiger partial charge in [0.05, 0.1) is 30.9 Å². The lowest BCUT2D eigenvalue weighted by atomic mass is 9.78. The summed E-state index contributed by atoms with van der Waals surface area (Å²) in [7, 11) is 1.32. The number of amides is 1. The van der Waals surface area contributed by atoms with Crippen molar-refractivity contribution in [1.82, 2.24) is 4.90 Å². The van der Waals surface area contributed by atoms with Crippen LogP contribution in [0.25, 0.3) is 10.8 Å². The van der Waals surface area contributed by atoms with Crippen LogP contribution >= 0.6 is 11.9 Å². The van der Waals surface area contributed by atoms with E-state index in [1.807, 2.05) is 19.1 Å². The van der Waals surface area contributed by atoms with Crippen molar-refractivity contribution in [2.45, 2.75) is 43.7 Å². The van der Waals surface area contributed by atoms with Crippen LogP contribution in [0.2, 0.25) is 0 Å². The minimum absolute atomic E-state index is 0.0846. The Morgan fingerprint density at radius 3 is 2.80 bits per heavy atom. The van der Waals surface area contributed by atoms with Crippen LogP contribution in [0.3, 0.4) is 0 Å². The third-order valence-corrected chi connectivity index (χ3v) is 8.43. The molecule has 184 valence electrons. The molecule has 2 N–H and O–H groups in total. The van der Waals surface area contributed by atoms with Gasteiger partial charge in [0.15, 0.2) is 0 Å². The van der Waals surface area contributed by atoms with Gasteiger partial charge >= 0.3 is 5.97 Å². The number of carbonyl (C=O) groups excluding carboxylic acids is 2. The number of nitrogens with zero attached hydrogens (tertiary/aromatic N) is 2. The van der Waals surface area contributed by atoms with Gasteiger partial charge in [-0.3, -0.25) is 4.79 Å². The summed E-state index contributed by atoms with van der Waals surface area (Å²) in [5, 5.41) is 21.8. The number of carbonyl (C=O) groups is 2. The van der Waals surface area contributed by atoms with Gasteiger partial charge in [-0.2, -0.15) is 0 Å². The maximum absolute atomic E-state index is 12.7. The minimum atomic E-state index is -0.768. The summed E-state index contributed by atoms with van der Waals surface area (Å²) in [6, 6.07) is 10.4. The standard InChI is InChI=1S/C27H30N2O5S/c1-15-18(25(27(33)34-3)29-24(15)22(16(2)31)26(29)32)9-5-13-28-20-10-4-8-19-17(7-6-14-30)11-12-21(35-28)23(19)20/h4-5,8-12,15-16,22,24,30-31H,6-7,13-14H2,1-3H3/b9-5+. The lowest BCUT2D eigenvalue weighted by Gasteiger charge is -2.46. The predicted molar refractivity (Wildman–Crippen MR) is 136 cm³/mol. The van der Waals surface area contributed by atoms with Gasteiger partial charge in [-0.05, 0) is 60.4 Å². The number of aryl methyl sites for hydroxylation is 1. The van der Waals surface area contributed by atoms with Gasteiger partial charge in [-0.1, -0.05) is 37.3 Å². The molecule has 0 spiro atoms. The predicted octanol–water partition coefficient (Wildman–Crippen LogP) is 3.43. The molecule has 8 heteroatoms. The minimum Gasteiger partial charge on any atom is -0.464 e. The molecule has 0 saturated carbocycles. The maximum atomic E-state index is 12.7. The van der Waals surface area contributed by atoms with Crippen molar-refractivity contribution in [3.8, 4) is 0 Å². The van der Waals surface area contributed by atoms with E-state index >= 15 is 0 Å². The maximum Gasteiger partial charge on any atom is 0.355 e. The zero-order chi connectivity index (χ0) is 24.9. The van der Waals surface area contributed by atoms with Crippen molar-refractivity contribution >= 4 is 40.3 Å². The average molecular weight is 495 g/mol. The summed E-state index contributed by atoms with van der Waals surface area (Å²) in [6.45, 7) is 4.41. The summed E-state index contributed by atoms with van der Waals surface area (Å²) in [4.78, 5) is 28.0. The number of rotatable bonds is 8. The highest BCUT2D eigenvalue weighted by molar-refractivity contribution is 8.01. The second-order valence-corrected chi connectivity index (χ2v) is 10.4. The molecule has 1 amide bonds. The number of anilines is 1. The van der Waals surface area contributed by atoms with E-state index in [9.17, 15) is 19.8 Å². The third kappa shape index (κ3) is 3.75. The van der Waals surface area contributed by atoms with Gasteiger partial charge in [0, 0.05) is 29.4 Å². The van der Waals surface area contributed by atoms with E-state index in [2.05, 4.69) is 34.6 Å². The Balaban J connectivity index is 1.40. The molecule has 7 nitrogen and oxygen atoms in total. The highest BCUT2D eigenvalue weighted by atomic mass is 32.2. The molecular formula is C27H30N2O5S. The number of hydrogen-bond acceptors (Lipinski definition) is 7. The largest absolute Gasteiger partial charge is 0.464 e. The van der Waals surface area contributed by atoms with Crippen molar-refractivity contribution in [3.63, 3.8) is 0 Å². The number of hydrogen-bond donors (Lipinski definition) is 2. The summed E-state index contributed by atoms with van der Waals surface area (Å²) >= 11 is 1.69. The zero-order valence-corrected chi connectivity index (χ0v) is 20.9. The normalized spacial score (nSPS) is 23.9. The molecule has 0 aliphatic carbocycles. The first kappa shape index (κ1) is 23.9. The summed E-state index contributed by atoms with van der Waals surface area (Å²) in [5.41, 5.74) is 3.45. The van der Waals surface area contributed by atoms with Crippen LogP contribution in [-0.2, 0) is 20.7 Å². The second kappa shape index (κ2) is 9.33. The lowest BCUT2D eigenvalue weighted by Crippen LogP contribution is -2.63. The van der Waals surface area contributed by atoms with E-state index in [0.717, 1.165) is 24.1 Å². The number of allylic oxidation sites excluding steroid dienone is 1. The van der Waals surface area contributed by atoms with Crippen LogP contribution in [0.15, 0.2) is 58.6 Å². The number of β-lactam (4-membered cyclic amide) rings is 1. The number of methoxy groups -OCH3 is 1. The Bertz CT molecular complexity index is 1250. The number of esters is 1. The molecule has 5 rings (SSSR count). The van der Waals surface area contributed by atoms with E-state index in [4.69, 9.17) is 4.74 Å². The molecule has 3 heterocycles. The van der Waals surface area contributed by atoms with E-state index in [1.54, 1.807) is 18.9 Å². The zero-order valence-electron chi connectivity index (χ0n) is 20.1. The molecule has 1 fully saturated rings. The molecular weight excluding hydrogens is 464 g/mol. The van der Waals surface area contributed by atoms with E-state index in [-0.39, 0.29) is 30.2 Å². The molecule has 3 aliphatic rings. The highest BCUT2D eigenvalue weighted by Crippen LogP contribution is 2.49. The molecule has 35 heavy (non-hydrogen) atoms. The Morgan fingerprint density at radius 1 is 1.29 bits per heavy atom. The fraction of sp³-hybridized carbons (Fsp3) is 0.407. The van der Waals surface area contributed by atoms with E-state index < -0.39 is 18.0 Å². The topological polar surface area (TPSA) is 90.3 Å². The number of fused-ring (bicyclic) bond motifs is 1. The molecule has 3 aliphatic heterocycles. The average Bonchev–Trinajstić information content (AvgIpc) is 3.32. The smallest absolute Gasteiger partial charge is 0.355 e. The lowest BCUT2D eigenvalue weighted by molar-refractivity contribution is -0.163. The number of ether oxygens (including phenoxy) is 1. The van der Waals surface area contributed by atoms with Gasteiger partial charge in [0.1, 0.15) is 5.70 Å². The molecule has 0 radical (unpaired) electrons. The Hall–Kier alpha value is -2.81. The van der Waals surface area contributed by atoms with Crippen molar-refractivity contribution < 1.29 is 24.5 Å².